The normalized spacial score (nSPS) is 16.0. The number of fused-ring (bicyclic) bond motifs is 1. The molecular formula is C19H18N4O6S2. The van der Waals surface area contributed by atoms with Crippen LogP contribution in [0.2, 0.25) is 0 Å². The molecule has 3 aromatic rings. The Hall–Kier alpha value is -2.93. The fraction of sp³-hybridized carbons (Fsp3) is 0.263. The van der Waals surface area contributed by atoms with Crippen molar-refractivity contribution in [3.05, 3.63) is 62.9 Å². The van der Waals surface area contributed by atoms with E-state index in [1.165, 1.54) is 52.0 Å². The molecule has 1 saturated heterocycles. The van der Waals surface area contributed by atoms with Crippen molar-refractivity contribution in [2.75, 3.05) is 26.3 Å². The molecule has 10 nitrogen and oxygen atoms in total. The van der Waals surface area contributed by atoms with E-state index in [1.54, 1.807) is 17.7 Å². The van der Waals surface area contributed by atoms with Crippen LogP contribution in [0.5, 0.6) is 0 Å². The Morgan fingerprint density at radius 3 is 2.48 bits per heavy atom. The molecule has 4 rings (SSSR count). The molecule has 0 N–H and O–H groups in total. The number of carbonyl (C=O) groups excluding carboxylic acids is 1. The van der Waals surface area contributed by atoms with E-state index in [9.17, 15) is 23.3 Å². The third-order valence-electron chi connectivity index (χ3n) is 4.91. The third kappa shape index (κ3) is 4.14. The molecule has 31 heavy (non-hydrogen) atoms. The average Bonchev–Trinajstić information content (AvgIpc) is 3.09. The van der Waals surface area contributed by atoms with Gasteiger partial charge in [0.15, 0.2) is 4.80 Å². The van der Waals surface area contributed by atoms with Gasteiger partial charge in [0, 0.05) is 37.8 Å². The van der Waals surface area contributed by atoms with Crippen LogP contribution >= 0.6 is 11.3 Å². The maximum Gasteiger partial charge on any atom is 0.279 e. The molecule has 0 atom stereocenters. The van der Waals surface area contributed by atoms with Gasteiger partial charge < -0.3 is 9.30 Å². The Bertz CT molecular complexity index is 1340. The number of nitro groups is 1. The monoisotopic (exact) mass is 462 g/mol. The number of rotatable bonds is 4. The summed E-state index contributed by atoms with van der Waals surface area (Å²) in [5.74, 6) is -0.535. The van der Waals surface area contributed by atoms with Crippen molar-refractivity contribution < 1.29 is 22.9 Å². The van der Waals surface area contributed by atoms with Crippen LogP contribution in [0.25, 0.3) is 10.2 Å². The number of amides is 1. The molecule has 1 aromatic heterocycles. The van der Waals surface area contributed by atoms with Crippen molar-refractivity contribution in [2.24, 2.45) is 12.0 Å². The van der Waals surface area contributed by atoms with Crippen LogP contribution in [0, 0.1) is 10.1 Å². The first-order valence-electron chi connectivity index (χ1n) is 9.28. The zero-order valence-corrected chi connectivity index (χ0v) is 18.1. The van der Waals surface area contributed by atoms with Crippen molar-refractivity contribution in [3.63, 3.8) is 0 Å². The first-order valence-corrected chi connectivity index (χ1v) is 11.5. The summed E-state index contributed by atoms with van der Waals surface area (Å²) in [6.45, 7) is 1.28. The Labute approximate surface area is 181 Å². The highest BCUT2D eigenvalue weighted by Gasteiger charge is 2.26. The molecule has 1 aliphatic rings. The maximum absolute atomic E-state index is 12.7. The number of sulfonamides is 1. The number of hydrogen-bond donors (Lipinski definition) is 0. The third-order valence-corrected chi connectivity index (χ3v) is 7.93. The highest BCUT2D eigenvalue weighted by molar-refractivity contribution is 7.89. The van der Waals surface area contributed by atoms with E-state index >= 15 is 0 Å². The van der Waals surface area contributed by atoms with Crippen LogP contribution in [0.15, 0.2) is 52.4 Å². The number of benzene rings is 2. The molecule has 0 saturated carbocycles. The summed E-state index contributed by atoms with van der Waals surface area (Å²) in [6, 6.07) is 10.1. The summed E-state index contributed by atoms with van der Waals surface area (Å²) in [5, 5.41) is 11.0. The largest absolute Gasteiger partial charge is 0.379 e. The predicted molar refractivity (Wildman–Crippen MR) is 113 cm³/mol. The first-order chi connectivity index (χ1) is 14.8. The lowest BCUT2D eigenvalue weighted by molar-refractivity contribution is -0.384. The second kappa shape index (κ2) is 8.30. The molecule has 12 heteroatoms. The highest BCUT2D eigenvalue weighted by atomic mass is 32.2. The van der Waals surface area contributed by atoms with Crippen LogP contribution in [-0.2, 0) is 21.8 Å². The number of non-ortho nitro benzene ring substituents is 1. The van der Waals surface area contributed by atoms with Gasteiger partial charge in [-0.15, -0.1) is 0 Å². The van der Waals surface area contributed by atoms with E-state index in [1.807, 2.05) is 0 Å². The molecule has 162 valence electrons. The van der Waals surface area contributed by atoms with Gasteiger partial charge in [0.05, 0.1) is 33.2 Å². The topological polar surface area (TPSA) is 124 Å². The molecule has 0 aliphatic carbocycles. The van der Waals surface area contributed by atoms with Crippen molar-refractivity contribution in [3.8, 4) is 0 Å². The standard InChI is InChI=1S/C19H18N4O6S2/c1-21-16-12-14(23(25)26)4-7-17(16)30-19(21)20-18(24)13-2-5-15(6-3-13)31(27,28)22-8-10-29-11-9-22/h2-7,12H,8-11H2,1H3. The van der Waals surface area contributed by atoms with E-state index in [2.05, 4.69) is 4.99 Å². The van der Waals surface area contributed by atoms with Gasteiger partial charge >= 0.3 is 0 Å². The van der Waals surface area contributed by atoms with Gasteiger partial charge in [0.25, 0.3) is 11.6 Å². The molecular weight excluding hydrogens is 444 g/mol. The summed E-state index contributed by atoms with van der Waals surface area (Å²) in [5.41, 5.74) is 0.790. The van der Waals surface area contributed by atoms with Crippen LogP contribution in [0.3, 0.4) is 0 Å². The lowest BCUT2D eigenvalue weighted by atomic mass is 10.2. The summed E-state index contributed by atoms with van der Waals surface area (Å²) in [7, 11) is -1.97. The van der Waals surface area contributed by atoms with E-state index in [0.717, 1.165) is 4.70 Å². The first kappa shape index (κ1) is 21.3. The minimum absolute atomic E-state index is 0.0455. The van der Waals surface area contributed by atoms with Gasteiger partial charge in [-0.1, -0.05) is 11.3 Å². The van der Waals surface area contributed by atoms with Crippen LogP contribution in [0.1, 0.15) is 10.4 Å². The van der Waals surface area contributed by atoms with Gasteiger partial charge in [-0.2, -0.15) is 9.30 Å². The van der Waals surface area contributed by atoms with Crippen LogP contribution < -0.4 is 4.80 Å². The second-order valence-electron chi connectivity index (χ2n) is 6.81. The zero-order chi connectivity index (χ0) is 22.2. The number of carbonyl (C=O) groups is 1. The van der Waals surface area contributed by atoms with Gasteiger partial charge in [-0.05, 0) is 30.3 Å². The smallest absolute Gasteiger partial charge is 0.279 e. The number of morpholine rings is 1. The SMILES string of the molecule is Cn1c(=NC(=O)c2ccc(S(=O)(=O)N3CCOCC3)cc2)sc2ccc([N+](=O)[O-])cc21. The molecule has 1 amide bonds. The predicted octanol–water partition coefficient (Wildman–Crippen LogP) is 1.91. The minimum Gasteiger partial charge on any atom is -0.379 e. The summed E-state index contributed by atoms with van der Waals surface area (Å²) < 4.78 is 34.3. The van der Waals surface area contributed by atoms with Crippen LogP contribution in [0.4, 0.5) is 5.69 Å². The van der Waals surface area contributed by atoms with Crippen molar-refractivity contribution in [1.29, 1.82) is 0 Å². The van der Waals surface area contributed by atoms with Gasteiger partial charge in [0.1, 0.15) is 0 Å². The van der Waals surface area contributed by atoms with Crippen molar-refractivity contribution >= 4 is 43.2 Å². The average molecular weight is 463 g/mol. The highest BCUT2D eigenvalue weighted by Crippen LogP contribution is 2.22. The number of nitro benzene ring substituents is 1. The molecule has 1 fully saturated rings. The molecule has 2 aromatic carbocycles. The van der Waals surface area contributed by atoms with Gasteiger partial charge in [-0.3, -0.25) is 14.9 Å². The molecule has 2 heterocycles. The van der Waals surface area contributed by atoms with E-state index in [0.29, 0.717) is 36.6 Å². The fourth-order valence-electron chi connectivity index (χ4n) is 3.19. The quantitative estimate of drug-likeness (QED) is 0.431. The van der Waals surface area contributed by atoms with Gasteiger partial charge in [0.2, 0.25) is 10.0 Å². The number of aromatic nitrogens is 1. The lowest BCUT2D eigenvalue weighted by Crippen LogP contribution is -2.40. The number of nitrogens with zero attached hydrogens (tertiary/aromatic N) is 4. The van der Waals surface area contributed by atoms with Crippen molar-refractivity contribution in [1.82, 2.24) is 8.87 Å². The number of ether oxygens (including phenoxy) is 1. The van der Waals surface area contributed by atoms with E-state index < -0.39 is 20.9 Å². The minimum atomic E-state index is -3.64. The van der Waals surface area contributed by atoms with Gasteiger partial charge in [-0.25, -0.2) is 8.42 Å². The number of hydrogen-bond acceptors (Lipinski definition) is 7. The van der Waals surface area contributed by atoms with Crippen molar-refractivity contribution in [2.45, 2.75) is 4.90 Å². The molecule has 0 unspecified atom stereocenters. The van der Waals surface area contributed by atoms with Crippen LogP contribution in [-0.4, -0.2) is 54.4 Å². The number of aryl methyl sites for hydroxylation is 1. The number of thiazole rings is 1. The second-order valence-corrected chi connectivity index (χ2v) is 9.76. The fourth-order valence-corrected chi connectivity index (χ4v) is 5.60. The molecule has 1 aliphatic heterocycles. The Balaban J connectivity index is 1.62. The zero-order valence-electron chi connectivity index (χ0n) is 16.4. The maximum atomic E-state index is 12.7. The lowest BCUT2D eigenvalue weighted by Gasteiger charge is -2.26. The molecule has 0 radical (unpaired) electrons. The Morgan fingerprint density at radius 2 is 1.84 bits per heavy atom. The Kier molecular flexibility index (Phi) is 5.71. The van der Waals surface area contributed by atoms with E-state index in [4.69, 9.17) is 4.74 Å². The molecule has 0 spiro atoms. The summed E-state index contributed by atoms with van der Waals surface area (Å²) in [4.78, 5) is 27.7. The van der Waals surface area contributed by atoms with E-state index in [-0.39, 0.29) is 16.1 Å². The Morgan fingerprint density at radius 1 is 1.16 bits per heavy atom. The summed E-state index contributed by atoms with van der Waals surface area (Å²) in [6.07, 6.45) is 0. The molecule has 0 bridgehead atoms. The summed E-state index contributed by atoms with van der Waals surface area (Å²) >= 11 is 1.23.